The zero-order chi connectivity index (χ0) is 41.3. The highest BCUT2D eigenvalue weighted by Gasteiger charge is 2.48. The monoisotopic (exact) mass is 793 g/mol. The number of fused-ring (bicyclic) bond motifs is 8. The summed E-state index contributed by atoms with van der Waals surface area (Å²) in [5, 5.41) is 1.55. The predicted octanol–water partition coefficient (Wildman–Crippen LogP) is 15.2. The summed E-state index contributed by atoms with van der Waals surface area (Å²) in [6, 6.07) is 86.9. The number of halogens is 1. The number of rotatable bonds is 7. The minimum atomic E-state index is -0.679. The van der Waals surface area contributed by atoms with Crippen LogP contribution in [0.15, 0.2) is 243 Å². The average Bonchev–Trinajstić information content (AvgIpc) is 3.81. The Bertz CT molecular complexity index is 3210. The molecular weight excluding hydrogens is 754 g/mol. The molecule has 0 atom stereocenters. The molecule has 2 aliphatic carbocycles. The second kappa shape index (κ2) is 14.1. The van der Waals surface area contributed by atoms with Gasteiger partial charge in [0.15, 0.2) is 0 Å². The number of anilines is 3. The Hall–Kier alpha value is -7.81. The van der Waals surface area contributed by atoms with E-state index in [0.717, 1.165) is 55.8 Å². The lowest BCUT2D eigenvalue weighted by Crippen LogP contribution is -2.29. The van der Waals surface area contributed by atoms with Gasteiger partial charge < -0.3 is 4.90 Å². The molecule has 0 saturated heterocycles. The van der Waals surface area contributed by atoms with Crippen LogP contribution in [-0.4, -0.2) is 0 Å². The van der Waals surface area contributed by atoms with Gasteiger partial charge in [0.2, 0.25) is 0 Å². The molecule has 0 saturated carbocycles. The molecule has 12 rings (SSSR count). The Morgan fingerprint density at radius 2 is 0.742 bits per heavy atom. The lowest BCUT2D eigenvalue weighted by Gasteiger charge is -2.36. The first-order valence-electron chi connectivity index (χ1n) is 21.4. The molecule has 0 spiro atoms. The van der Waals surface area contributed by atoms with Crippen LogP contribution in [0.5, 0.6) is 0 Å². The summed E-state index contributed by atoms with van der Waals surface area (Å²) in [5.41, 5.74) is 16.2. The van der Waals surface area contributed by atoms with E-state index in [9.17, 15) is 0 Å². The Morgan fingerprint density at radius 3 is 1.31 bits per heavy atom. The van der Waals surface area contributed by atoms with Gasteiger partial charge >= 0.3 is 0 Å². The summed E-state index contributed by atoms with van der Waals surface area (Å²) in [5.74, 6) is -0.212. The van der Waals surface area contributed by atoms with Crippen LogP contribution in [0.3, 0.4) is 0 Å². The topological polar surface area (TPSA) is 3.24 Å². The maximum absolute atomic E-state index is 15.7. The molecule has 0 N–H and O–H groups in total. The summed E-state index contributed by atoms with van der Waals surface area (Å²) < 4.78 is 15.7. The molecule has 0 radical (unpaired) electrons. The molecular formula is C60H40FN. The van der Waals surface area contributed by atoms with Gasteiger partial charge in [-0.15, -0.1) is 0 Å². The largest absolute Gasteiger partial charge is 0.310 e. The number of hydrogen-bond acceptors (Lipinski definition) is 1. The van der Waals surface area contributed by atoms with E-state index in [1.807, 2.05) is 12.1 Å². The van der Waals surface area contributed by atoms with Crippen molar-refractivity contribution in [1.82, 2.24) is 0 Å². The molecule has 0 bridgehead atoms. The molecule has 0 heterocycles. The first-order valence-corrected chi connectivity index (χ1v) is 21.4. The minimum absolute atomic E-state index is 0.212. The Kier molecular flexibility index (Phi) is 8.23. The summed E-state index contributed by atoms with van der Waals surface area (Å²) in [4.78, 5) is 2.41. The van der Waals surface area contributed by atoms with Crippen molar-refractivity contribution in [3.63, 3.8) is 0 Å². The highest BCUT2D eigenvalue weighted by Crippen LogP contribution is 2.60. The lowest BCUT2D eigenvalue weighted by molar-refractivity contribution is 0.640. The fourth-order valence-electron chi connectivity index (χ4n) is 11.0. The molecule has 2 heteroatoms. The quantitative estimate of drug-likeness (QED) is 0.155. The Morgan fingerprint density at radius 1 is 0.290 bits per heavy atom. The van der Waals surface area contributed by atoms with E-state index < -0.39 is 10.8 Å². The van der Waals surface area contributed by atoms with Gasteiger partial charge in [-0.1, -0.05) is 200 Å². The minimum Gasteiger partial charge on any atom is -0.310 e. The third-order valence-corrected chi connectivity index (χ3v) is 13.5. The summed E-state index contributed by atoms with van der Waals surface area (Å²) >= 11 is 0. The second-order valence-electron chi connectivity index (χ2n) is 16.5. The van der Waals surface area contributed by atoms with E-state index >= 15 is 4.39 Å². The highest BCUT2D eigenvalue weighted by molar-refractivity contribution is 6.05. The maximum Gasteiger partial charge on any atom is 0.131 e. The zero-order valence-electron chi connectivity index (χ0n) is 33.9. The third kappa shape index (κ3) is 5.07. The molecule has 0 aromatic heterocycles. The van der Waals surface area contributed by atoms with Crippen LogP contribution in [-0.2, 0) is 10.8 Å². The van der Waals surface area contributed by atoms with Gasteiger partial charge in [0, 0.05) is 22.4 Å². The standard InChI is InChI=1S/C60H40FN/c61-57-32-18-30-51-50(57)37-38-54-58(51)52-36-34-47(40-56(52)60(54,43-23-10-3-11-24-43)44-25-12-4-13-26-44)62(45-27-14-5-15-28-45)46-33-35-49-48-29-16-17-31-53(48)59(55(49)39-46,41-19-6-1-7-20-41)42-21-8-2-9-22-42/h1-40H. The smallest absolute Gasteiger partial charge is 0.131 e. The Labute approximate surface area is 361 Å². The molecule has 0 amide bonds. The molecule has 10 aromatic rings. The van der Waals surface area contributed by atoms with Crippen molar-refractivity contribution in [3.8, 4) is 22.3 Å². The molecule has 10 aromatic carbocycles. The Balaban J connectivity index is 1.15. The van der Waals surface area contributed by atoms with E-state index in [-0.39, 0.29) is 5.82 Å². The molecule has 292 valence electrons. The molecule has 1 nitrogen and oxygen atoms in total. The van der Waals surface area contributed by atoms with E-state index in [2.05, 4.69) is 229 Å². The van der Waals surface area contributed by atoms with E-state index in [1.54, 1.807) is 6.07 Å². The van der Waals surface area contributed by atoms with Gasteiger partial charge in [0.25, 0.3) is 0 Å². The molecule has 0 aliphatic heterocycles. The van der Waals surface area contributed by atoms with Crippen molar-refractivity contribution in [3.05, 3.63) is 293 Å². The number of para-hydroxylation sites is 1. The van der Waals surface area contributed by atoms with Gasteiger partial charge in [0.1, 0.15) is 5.82 Å². The number of nitrogens with zero attached hydrogens (tertiary/aromatic N) is 1. The SMILES string of the molecule is Fc1cccc2c3c(ccc12)C(c1ccccc1)(c1ccccc1)c1cc(N(c2ccccc2)c2ccc4c(c2)C(c2ccccc2)(c2ccccc2)c2ccccc2-4)ccc1-3. The van der Waals surface area contributed by atoms with Gasteiger partial charge in [0.05, 0.1) is 10.8 Å². The normalized spacial score (nSPS) is 13.8. The summed E-state index contributed by atoms with van der Waals surface area (Å²) in [7, 11) is 0. The van der Waals surface area contributed by atoms with Crippen molar-refractivity contribution in [2.24, 2.45) is 0 Å². The maximum atomic E-state index is 15.7. The van der Waals surface area contributed by atoms with Crippen LogP contribution in [0.25, 0.3) is 33.0 Å². The van der Waals surface area contributed by atoms with Gasteiger partial charge in [-0.25, -0.2) is 4.39 Å². The highest BCUT2D eigenvalue weighted by atomic mass is 19.1. The fourth-order valence-corrected chi connectivity index (χ4v) is 11.0. The van der Waals surface area contributed by atoms with Gasteiger partial charge in [-0.2, -0.15) is 0 Å². The van der Waals surface area contributed by atoms with Crippen molar-refractivity contribution >= 4 is 27.8 Å². The van der Waals surface area contributed by atoms with Crippen LogP contribution in [0.2, 0.25) is 0 Å². The summed E-state index contributed by atoms with van der Waals surface area (Å²) in [6.07, 6.45) is 0. The predicted molar refractivity (Wildman–Crippen MR) is 253 cm³/mol. The van der Waals surface area contributed by atoms with Crippen molar-refractivity contribution in [2.45, 2.75) is 10.8 Å². The van der Waals surface area contributed by atoms with Gasteiger partial charge in [-0.3, -0.25) is 0 Å². The van der Waals surface area contributed by atoms with Crippen LogP contribution < -0.4 is 4.90 Å². The van der Waals surface area contributed by atoms with E-state index in [4.69, 9.17) is 0 Å². The molecule has 2 aliphatic rings. The first kappa shape index (κ1) is 36.1. The fraction of sp³-hybridized carbons (Fsp3) is 0.0333. The number of benzene rings is 10. The van der Waals surface area contributed by atoms with Crippen LogP contribution in [0.1, 0.15) is 44.5 Å². The summed E-state index contributed by atoms with van der Waals surface area (Å²) in [6.45, 7) is 0. The van der Waals surface area contributed by atoms with Gasteiger partial charge in [-0.05, 0) is 115 Å². The van der Waals surface area contributed by atoms with Crippen LogP contribution in [0.4, 0.5) is 21.5 Å². The second-order valence-corrected chi connectivity index (χ2v) is 16.5. The molecule has 0 fully saturated rings. The average molecular weight is 794 g/mol. The lowest BCUT2D eigenvalue weighted by atomic mass is 9.67. The van der Waals surface area contributed by atoms with Crippen LogP contribution >= 0.6 is 0 Å². The first-order chi connectivity index (χ1) is 30.7. The third-order valence-electron chi connectivity index (χ3n) is 13.5. The number of hydrogen-bond donors (Lipinski definition) is 0. The molecule has 62 heavy (non-hydrogen) atoms. The van der Waals surface area contributed by atoms with Crippen LogP contribution in [0, 0.1) is 5.82 Å². The van der Waals surface area contributed by atoms with E-state index in [0.29, 0.717) is 5.39 Å². The zero-order valence-corrected chi connectivity index (χ0v) is 33.9. The van der Waals surface area contributed by atoms with Crippen molar-refractivity contribution in [1.29, 1.82) is 0 Å². The van der Waals surface area contributed by atoms with Crippen molar-refractivity contribution in [2.75, 3.05) is 4.90 Å². The van der Waals surface area contributed by atoms with Crippen molar-refractivity contribution < 1.29 is 4.39 Å². The van der Waals surface area contributed by atoms with E-state index in [1.165, 1.54) is 33.4 Å². The molecule has 0 unspecified atom stereocenters.